The molecule has 8 nitrogen and oxygen atoms in total. The Balaban J connectivity index is 1.42. The lowest BCUT2D eigenvalue weighted by atomic mass is 10.1. The highest BCUT2D eigenvalue weighted by Gasteiger charge is 2.30. The Morgan fingerprint density at radius 1 is 1.22 bits per heavy atom. The van der Waals surface area contributed by atoms with Crippen molar-refractivity contribution in [2.24, 2.45) is 13.0 Å². The van der Waals surface area contributed by atoms with Gasteiger partial charge in [-0.2, -0.15) is 0 Å². The van der Waals surface area contributed by atoms with E-state index in [1.807, 2.05) is 23.1 Å². The van der Waals surface area contributed by atoms with Gasteiger partial charge in [-0.05, 0) is 69.2 Å². The first-order valence-corrected chi connectivity index (χ1v) is 13.4. The molecule has 1 saturated carbocycles. The van der Waals surface area contributed by atoms with Crippen LogP contribution in [0.15, 0.2) is 41.3 Å². The van der Waals surface area contributed by atoms with E-state index in [0.29, 0.717) is 35.0 Å². The summed E-state index contributed by atoms with van der Waals surface area (Å²) in [5, 5.41) is 8.29. The minimum atomic E-state index is -0.0904. The fourth-order valence-corrected chi connectivity index (χ4v) is 5.38. The number of carbonyl (C=O) groups is 1. The number of rotatable bonds is 9. The monoisotopic (exact) mass is 523 g/mol. The highest BCUT2D eigenvalue weighted by Crippen LogP contribution is 2.36. The lowest BCUT2D eigenvalue weighted by Gasteiger charge is -2.24. The largest absolute Gasteiger partial charge is 0.385 e. The molecule has 2 atom stereocenters. The predicted molar refractivity (Wildman–Crippen MR) is 148 cm³/mol. The van der Waals surface area contributed by atoms with E-state index in [1.165, 1.54) is 19.0 Å². The number of aryl methyl sites for hydroxylation is 1. The van der Waals surface area contributed by atoms with Crippen LogP contribution < -0.4 is 16.2 Å². The summed E-state index contributed by atoms with van der Waals surface area (Å²) in [5.74, 6) is 0.559. The van der Waals surface area contributed by atoms with Crippen LogP contribution in [0.3, 0.4) is 0 Å². The number of hydrogen-bond donors (Lipinski definition) is 2. The van der Waals surface area contributed by atoms with Crippen LogP contribution in [0.25, 0.3) is 10.9 Å². The Labute approximate surface area is 222 Å². The maximum absolute atomic E-state index is 13.3. The van der Waals surface area contributed by atoms with E-state index in [4.69, 9.17) is 16.3 Å². The Kier molecular flexibility index (Phi) is 7.40. The standard InChI is InChI=1S/C28H34ClN5O3/c1-17(18-6-7-18)31-23-15-27(35)33(2)26-9-8-19(13-21(23)26)32-24-14-25(30-16-22(24)29)28(36)34-11-4-5-20(34)10-12-37-3/h8-9,13-18,20,31H,4-7,10-12H2,1-3H3,(H,30,32). The van der Waals surface area contributed by atoms with Crippen LogP contribution in [0, 0.1) is 5.92 Å². The second-order valence-electron chi connectivity index (χ2n) is 10.2. The highest BCUT2D eigenvalue weighted by atomic mass is 35.5. The number of nitrogens with one attached hydrogen (secondary N) is 2. The molecule has 2 aromatic heterocycles. The molecule has 1 amide bonds. The number of ether oxygens (including phenoxy) is 1. The topological polar surface area (TPSA) is 88.5 Å². The number of carbonyl (C=O) groups excluding carboxylic acids is 1. The van der Waals surface area contributed by atoms with E-state index in [2.05, 4.69) is 22.5 Å². The third-order valence-electron chi connectivity index (χ3n) is 7.61. The highest BCUT2D eigenvalue weighted by molar-refractivity contribution is 6.33. The van der Waals surface area contributed by atoms with E-state index >= 15 is 0 Å². The maximum Gasteiger partial charge on any atom is 0.272 e. The Hall–Kier alpha value is -3.10. The molecule has 3 heterocycles. The van der Waals surface area contributed by atoms with Crippen molar-refractivity contribution in [1.29, 1.82) is 0 Å². The first kappa shape index (κ1) is 25.5. The first-order chi connectivity index (χ1) is 17.9. The normalized spacial score (nSPS) is 18.3. The number of likely N-dealkylation sites (tertiary alicyclic amines) is 1. The molecule has 37 heavy (non-hydrogen) atoms. The Morgan fingerprint density at radius 3 is 2.78 bits per heavy atom. The molecule has 2 aliphatic rings. The van der Waals surface area contributed by atoms with Crippen LogP contribution in [-0.2, 0) is 11.8 Å². The molecular weight excluding hydrogens is 490 g/mol. The molecule has 9 heteroatoms. The molecule has 0 bridgehead atoms. The van der Waals surface area contributed by atoms with Gasteiger partial charge in [0, 0.05) is 68.4 Å². The molecule has 1 aromatic carbocycles. The van der Waals surface area contributed by atoms with Gasteiger partial charge in [0.2, 0.25) is 0 Å². The van der Waals surface area contributed by atoms with Crippen LogP contribution in [-0.4, -0.2) is 52.7 Å². The second-order valence-corrected chi connectivity index (χ2v) is 10.6. The number of fused-ring (bicyclic) bond motifs is 1. The summed E-state index contributed by atoms with van der Waals surface area (Å²) in [7, 11) is 3.46. The SMILES string of the molecule is COCCC1CCCN1C(=O)c1cc(Nc2ccc3c(c2)c(NC(C)C2CC2)cc(=O)n3C)c(Cl)cn1. The van der Waals surface area contributed by atoms with Gasteiger partial charge in [0.05, 0.1) is 16.2 Å². The average Bonchev–Trinajstić information content (AvgIpc) is 3.65. The number of hydrogen-bond acceptors (Lipinski definition) is 6. The number of benzene rings is 1. The summed E-state index contributed by atoms with van der Waals surface area (Å²) in [4.78, 5) is 32.1. The summed E-state index contributed by atoms with van der Waals surface area (Å²) in [5.41, 5.74) is 3.40. The van der Waals surface area contributed by atoms with Gasteiger partial charge in [-0.3, -0.25) is 9.59 Å². The van der Waals surface area contributed by atoms with Crippen LogP contribution >= 0.6 is 11.6 Å². The third-order valence-corrected chi connectivity index (χ3v) is 7.91. The van der Waals surface area contributed by atoms with Crippen molar-refractivity contribution in [2.45, 2.75) is 51.1 Å². The van der Waals surface area contributed by atoms with E-state index in [9.17, 15) is 9.59 Å². The van der Waals surface area contributed by atoms with Gasteiger partial charge < -0.3 is 24.8 Å². The minimum absolute atomic E-state index is 0.0512. The molecule has 1 saturated heterocycles. The lowest BCUT2D eigenvalue weighted by Crippen LogP contribution is -2.36. The van der Waals surface area contributed by atoms with Crippen LogP contribution in [0.5, 0.6) is 0 Å². The third kappa shape index (κ3) is 5.45. The molecule has 0 radical (unpaired) electrons. The molecule has 5 rings (SSSR count). The van der Waals surface area contributed by atoms with Crippen molar-refractivity contribution in [2.75, 3.05) is 30.9 Å². The summed E-state index contributed by atoms with van der Waals surface area (Å²) >= 11 is 6.49. The number of pyridine rings is 2. The van der Waals surface area contributed by atoms with Crippen molar-refractivity contribution in [3.8, 4) is 0 Å². The number of halogens is 1. The molecule has 2 N–H and O–H groups in total. The average molecular weight is 524 g/mol. The van der Waals surface area contributed by atoms with E-state index in [-0.39, 0.29) is 17.5 Å². The van der Waals surface area contributed by atoms with Gasteiger partial charge in [-0.25, -0.2) is 4.98 Å². The first-order valence-electron chi connectivity index (χ1n) is 13.0. The van der Waals surface area contributed by atoms with Crippen molar-refractivity contribution in [1.82, 2.24) is 14.5 Å². The lowest BCUT2D eigenvalue weighted by molar-refractivity contribution is 0.0697. The smallest absolute Gasteiger partial charge is 0.272 e. The van der Waals surface area contributed by atoms with Crippen molar-refractivity contribution in [3.05, 3.63) is 57.6 Å². The number of aromatic nitrogens is 2. The molecule has 1 aliphatic heterocycles. The van der Waals surface area contributed by atoms with Crippen molar-refractivity contribution in [3.63, 3.8) is 0 Å². The fraction of sp³-hybridized carbons (Fsp3) is 0.464. The zero-order chi connectivity index (χ0) is 26.1. The summed E-state index contributed by atoms with van der Waals surface area (Å²) in [6.07, 6.45) is 6.73. The van der Waals surface area contributed by atoms with Gasteiger partial charge in [0.25, 0.3) is 11.5 Å². The molecule has 1 aliphatic carbocycles. The second kappa shape index (κ2) is 10.7. The van der Waals surface area contributed by atoms with Gasteiger partial charge in [0.15, 0.2) is 0 Å². The van der Waals surface area contributed by atoms with Crippen LogP contribution in [0.4, 0.5) is 17.1 Å². The Morgan fingerprint density at radius 2 is 2.03 bits per heavy atom. The van der Waals surface area contributed by atoms with E-state index < -0.39 is 0 Å². The quantitative estimate of drug-likeness (QED) is 0.401. The van der Waals surface area contributed by atoms with Gasteiger partial charge >= 0.3 is 0 Å². The molecule has 0 spiro atoms. The maximum atomic E-state index is 13.3. The number of anilines is 3. The fourth-order valence-electron chi connectivity index (χ4n) is 5.23. The Bertz CT molecular complexity index is 1370. The predicted octanol–water partition coefficient (Wildman–Crippen LogP) is 5.18. The van der Waals surface area contributed by atoms with Crippen molar-refractivity contribution >= 4 is 45.5 Å². The number of nitrogens with zero attached hydrogens (tertiary/aromatic N) is 3. The zero-order valence-corrected chi connectivity index (χ0v) is 22.3. The molecule has 196 valence electrons. The van der Waals surface area contributed by atoms with Gasteiger partial charge in [-0.15, -0.1) is 0 Å². The number of methoxy groups -OCH3 is 1. The molecule has 2 unspecified atom stereocenters. The summed E-state index contributed by atoms with van der Waals surface area (Å²) < 4.78 is 6.87. The van der Waals surface area contributed by atoms with Gasteiger partial charge in [-0.1, -0.05) is 11.6 Å². The van der Waals surface area contributed by atoms with Crippen LogP contribution in [0.1, 0.15) is 49.5 Å². The number of amides is 1. The molecule has 3 aromatic rings. The summed E-state index contributed by atoms with van der Waals surface area (Å²) in [6, 6.07) is 9.70. The summed E-state index contributed by atoms with van der Waals surface area (Å²) in [6.45, 7) is 3.51. The van der Waals surface area contributed by atoms with Crippen molar-refractivity contribution < 1.29 is 9.53 Å². The molecule has 2 fully saturated rings. The van der Waals surface area contributed by atoms with Gasteiger partial charge in [0.1, 0.15) is 5.69 Å². The minimum Gasteiger partial charge on any atom is -0.385 e. The van der Waals surface area contributed by atoms with E-state index in [0.717, 1.165) is 48.1 Å². The molecular formula is C28H34ClN5O3. The zero-order valence-electron chi connectivity index (χ0n) is 21.6. The van der Waals surface area contributed by atoms with Crippen LogP contribution in [0.2, 0.25) is 5.02 Å². The van der Waals surface area contributed by atoms with E-state index in [1.54, 1.807) is 30.9 Å².